The van der Waals surface area contributed by atoms with E-state index in [1.54, 1.807) is 19.2 Å². The fourth-order valence-corrected chi connectivity index (χ4v) is 3.09. The molecular weight excluding hydrogens is 357 g/mol. The summed E-state index contributed by atoms with van der Waals surface area (Å²) in [5.41, 5.74) is 1.36. The number of nitrogens with one attached hydrogen (secondary N) is 1. The van der Waals surface area contributed by atoms with Gasteiger partial charge in [0.1, 0.15) is 11.6 Å². The molecule has 2 aromatic rings. The minimum Gasteiger partial charge on any atom is -0.497 e. The minimum atomic E-state index is -0.330. The Hall–Kier alpha value is -1.10. The van der Waals surface area contributed by atoms with Gasteiger partial charge in [0.05, 0.1) is 13.2 Å². The molecule has 1 unspecified atom stereocenters. The zero-order valence-electron chi connectivity index (χ0n) is 11.8. The highest BCUT2D eigenvalue weighted by molar-refractivity contribution is 9.10. The molecule has 2 nitrogen and oxygen atoms in total. The normalized spacial score (nSPS) is 12.2. The Kier molecular flexibility index (Phi) is 5.62. The van der Waals surface area contributed by atoms with Crippen molar-refractivity contribution in [1.82, 2.24) is 5.32 Å². The Morgan fingerprint density at radius 3 is 2.67 bits per heavy atom. The summed E-state index contributed by atoms with van der Waals surface area (Å²) in [4.78, 5) is 0. The van der Waals surface area contributed by atoms with Crippen molar-refractivity contribution in [2.75, 3.05) is 13.7 Å². The van der Waals surface area contributed by atoms with E-state index in [0.29, 0.717) is 17.1 Å². The zero-order chi connectivity index (χ0) is 15.4. The van der Waals surface area contributed by atoms with Gasteiger partial charge in [0.25, 0.3) is 0 Å². The molecule has 0 saturated heterocycles. The average Bonchev–Trinajstić information content (AvgIpc) is 2.46. The van der Waals surface area contributed by atoms with Gasteiger partial charge in [0.2, 0.25) is 0 Å². The number of rotatable bonds is 5. The quantitative estimate of drug-likeness (QED) is 0.802. The molecule has 0 aliphatic rings. The molecule has 0 amide bonds. The molecule has 0 bridgehead atoms. The van der Waals surface area contributed by atoms with E-state index in [0.717, 1.165) is 15.8 Å². The summed E-state index contributed by atoms with van der Waals surface area (Å²) in [6, 6.07) is 9.99. The fourth-order valence-electron chi connectivity index (χ4n) is 2.23. The van der Waals surface area contributed by atoms with Gasteiger partial charge >= 0.3 is 0 Å². The van der Waals surface area contributed by atoms with Crippen molar-refractivity contribution in [3.05, 3.63) is 62.8 Å². The number of methoxy groups -OCH3 is 1. The van der Waals surface area contributed by atoms with Gasteiger partial charge in [-0.3, -0.25) is 0 Å². The number of hydrogen-bond donors (Lipinski definition) is 1. The standard InChI is InChI=1S/C16H16BrClFNO/c1-3-20-16(15-13(18)5-4-6-14(15)19)11-8-7-10(21-2)9-12(11)17/h4-9,16,20H,3H2,1-2H3. The monoisotopic (exact) mass is 371 g/mol. The van der Waals surface area contributed by atoms with Crippen molar-refractivity contribution in [3.8, 4) is 5.75 Å². The van der Waals surface area contributed by atoms with Gasteiger partial charge in [0, 0.05) is 15.1 Å². The summed E-state index contributed by atoms with van der Waals surface area (Å²) in [5, 5.41) is 3.69. The lowest BCUT2D eigenvalue weighted by molar-refractivity contribution is 0.414. The van der Waals surface area contributed by atoms with Crippen molar-refractivity contribution < 1.29 is 9.13 Å². The van der Waals surface area contributed by atoms with Crippen LogP contribution in [0.1, 0.15) is 24.1 Å². The topological polar surface area (TPSA) is 21.3 Å². The second kappa shape index (κ2) is 7.25. The van der Waals surface area contributed by atoms with E-state index in [-0.39, 0.29) is 11.9 Å². The Bertz CT molecular complexity index is 615. The Balaban J connectivity index is 2.53. The van der Waals surface area contributed by atoms with E-state index >= 15 is 0 Å². The van der Waals surface area contributed by atoms with Crippen LogP contribution in [-0.2, 0) is 0 Å². The Morgan fingerprint density at radius 2 is 2.10 bits per heavy atom. The van der Waals surface area contributed by atoms with Gasteiger partial charge in [-0.25, -0.2) is 4.39 Å². The minimum absolute atomic E-state index is 0.323. The van der Waals surface area contributed by atoms with E-state index in [1.807, 2.05) is 25.1 Å². The molecular formula is C16H16BrClFNO. The van der Waals surface area contributed by atoms with Gasteiger partial charge in [-0.15, -0.1) is 0 Å². The van der Waals surface area contributed by atoms with E-state index < -0.39 is 0 Å². The maximum absolute atomic E-state index is 14.2. The lowest BCUT2D eigenvalue weighted by Gasteiger charge is -2.22. The molecule has 0 heterocycles. The third-order valence-electron chi connectivity index (χ3n) is 3.22. The van der Waals surface area contributed by atoms with Crippen LogP contribution in [0.25, 0.3) is 0 Å². The smallest absolute Gasteiger partial charge is 0.129 e. The molecule has 0 fully saturated rings. The largest absolute Gasteiger partial charge is 0.497 e. The van der Waals surface area contributed by atoms with E-state index in [9.17, 15) is 4.39 Å². The highest BCUT2D eigenvalue weighted by Crippen LogP contribution is 2.35. The van der Waals surface area contributed by atoms with Crippen molar-refractivity contribution in [2.45, 2.75) is 13.0 Å². The third-order valence-corrected chi connectivity index (χ3v) is 4.23. The van der Waals surface area contributed by atoms with Crippen molar-refractivity contribution >= 4 is 27.5 Å². The van der Waals surface area contributed by atoms with Crippen LogP contribution in [0.2, 0.25) is 5.02 Å². The molecule has 0 aliphatic heterocycles. The summed E-state index contributed by atoms with van der Waals surface area (Å²) < 4.78 is 20.3. The van der Waals surface area contributed by atoms with Crippen LogP contribution in [0.5, 0.6) is 5.75 Å². The van der Waals surface area contributed by atoms with Crippen LogP contribution in [0.4, 0.5) is 4.39 Å². The first-order valence-electron chi connectivity index (χ1n) is 6.59. The molecule has 0 spiro atoms. The van der Waals surface area contributed by atoms with Crippen molar-refractivity contribution in [2.24, 2.45) is 0 Å². The van der Waals surface area contributed by atoms with Crippen LogP contribution in [0.15, 0.2) is 40.9 Å². The lowest BCUT2D eigenvalue weighted by atomic mass is 9.98. The number of ether oxygens (including phenoxy) is 1. The molecule has 0 aliphatic carbocycles. The zero-order valence-corrected chi connectivity index (χ0v) is 14.1. The van der Waals surface area contributed by atoms with Crippen LogP contribution in [-0.4, -0.2) is 13.7 Å². The van der Waals surface area contributed by atoms with Crippen molar-refractivity contribution in [1.29, 1.82) is 0 Å². The predicted octanol–water partition coefficient (Wildman–Crippen LogP) is 4.95. The molecule has 0 saturated carbocycles. The van der Waals surface area contributed by atoms with Gasteiger partial charge in [-0.05, 0) is 36.4 Å². The van der Waals surface area contributed by atoms with Crippen molar-refractivity contribution in [3.63, 3.8) is 0 Å². The molecule has 5 heteroatoms. The maximum atomic E-state index is 14.2. The summed E-state index contributed by atoms with van der Waals surface area (Å²) in [5.74, 6) is 0.414. The van der Waals surface area contributed by atoms with Gasteiger partial charge in [-0.2, -0.15) is 0 Å². The summed E-state index contributed by atoms with van der Waals surface area (Å²) >= 11 is 9.72. The van der Waals surface area contributed by atoms with E-state index in [2.05, 4.69) is 21.2 Å². The van der Waals surface area contributed by atoms with Crippen LogP contribution >= 0.6 is 27.5 Å². The van der Waals surface area contributed by atoms with Gasteiger partial charge in [0.15, 0.2) is 0 Å². The number of hydrogen-bond acceptors (Lipinski definition) is 2. The van der Waals surface area contributed by atoms with Crippen LogP contribution in [0.3, 0.4) is 0 Å². The van der Waals surface area contributed by atoms with Gasteiger partial charge in [-0.1, -0.05) is 46.6 Å². The maximum Gasteiger partial charge on any atom is 0.129 e. The first-order valence-corrected chi connectivity index (χ1v) is 7.76. The summed E-state index contributed by atoms with van der Waals surface area (Å²) in [7, 11) is 1.61. The SMILES string of the molecule is CCNC(c1ccc(OC)cc1Br)c1c(F)cccc1Cl. The molecule has 0 radical (unpaired) electrons. The first kappa shape index (κ1) is 16.3. The molecule has 2 rings (SSSR count). The highest BCUT2D eigenvalue weighted by atomic mass is 79.9. The summed E-state index contributed by atoms with van der Waals surface area (Å²) in [6.07, 6.45) is 0. The van der Waals surface area contributed by atoms with Gasteiger partial charge < -0.3 is 10.1 Å². The fraction of sp³-hybridized carbons (Fsp3) is 0.250. The third kappa shape index (κ3) is 3.57. The lowest BCUT2D eigenvalue weighted by Crippen LogP contribution is -2.23. The predicted molar refractivity (Wildman–Crippen MR) is 87.6 cm³/mol. The Morgan fingerprint density at radius 1 is 1.33 bits per heavy atom. The average molecular weight is 373 g/mol. The second-order valence-corrected chi connectivity index (χ2v) is 5.78. The van der Waals surface area contributed by atoms with E-state index in [4.69, 9.17) is 16.3 Å². The molecule has 1 atom stereocenters. The number of benzene rings is 2. The first-order chi connectivity index (χ1) is 10.1. The van der Waals surface area contributed by atoms with Crippen LogP contribution in [0, 0.1) is 5.82 Å². The second-order valence-electron chi connectivity index (χ2n) is 4.51. The molecule has 1 N–H and O–H groups in total. The van der Waals surface area contributed by atoms with E-state index in [1.165, 1.54) is 6.07 Å². The molecule has 112 valence electrons. The molecule has 0 aromatic heterocycles. The van der Waals surface area contributed by atoms with Crippen LogP contribution < -0.4 is 10.1 Å². The molecule has 2 aromatic carbocycles. The number of halogens is 3. The summed E-state index contributed by atoms with van der Waals surface area (Å²) in [6.45, 7) is 2.66. The Labute approximate surface area is 137 Å². The molecule has 21 heavy (non-hydrogen) atoms. The highest BCUT2D eigenvalue weighted by Gasteiger charge is 2.22.